The molecule has 0 aliphatic heterocycles. The number of rotatable bonds is 8. The largest absolute Gasteiger partial charge is 0.327 e. The predicted molar refractivity (Wildman–Crippen MR) is 70.4 cm³/mol. The van der Waals surface area contributed by atoms with E-state index in [2.05, 4.69) is 27.7 Å². The zero-order valence-electron chi connectivity index (χ0n) is 11.5. The number of hydrogen-bond acceptors (Lipinski definition) is 2. The molecule has 0 spiro atoms. The lowest BCUT2D eigenvalue weighted by molar-refractivity contribution is -0.120. The minimum absolute atomic E-state index is 0.00404. The van der Waals surface area contributed by atoms with Crippen LogP contribution in [0.25, 0.3) is 0 Å². The number of unbranched alkanes of at least 4 members (excludes halogenated alkanes) is 4. The lowest BCUT2D eigenvalue weighted by Crippen LogP contribution is -2.36. The van der Waals surface area contributed by atoms with E-state index in [0.29, 0.717) is 18.6 Å². The average Bonchev–Trinajstić information content (AvgIpc) is 2.16. The molecule has 2 N–H and O–H groups in total. The Kier molecular flexibility index (Phi) is 7.65. The van der Waals surface area contributed by atoms with Gasteiger partial charge in [0.05, 0.1) is 0 Å². The highest BCUT2D eigenvalue weighted by atomic mass is 16.1. The Morgan fingerprint density at radius 3 is 2.19 bits per heavy atom. The first-order valence-corrected chi connectivity index (χ1v) is 6.65. The lowest BCUT2D eigenvalue weighted by atomic mass is 9.84. The Morgan fingerprint density at radius 1 is 1.12 bits per heavy atom. The van der Waals surface area contributed by atoms with E-state index in [0.717, 1.165) is 6.42 Å². The van der Waals surface area contributed by atoms with Crippen molar-refractivity contribution < 1.29 is 4.79 Å². The molecule has 0 saturated heterocycles. The second-order valence-corrected chi connectivity index (χ2v) is 5.88. The van der Waals surface area contributed by atoms with Gasteiger partial charge in [0.2, 0.25) is 0 Å². The van der Waals surface area contributed by atoms with Crippen LogP contribution in [0.2, 0.25) is 0 Å². The van der Waals surface area contributed by atoms with Crippen molar-refractivity contribution >= 4 is 5.78 Å². The van der Waals surface area contributed by atoms with Gasteiger partial charge in [-0.15, -0.1) is 0 Å². The Labute approximate surface area is 101 Å². The van der Waals surface area contributed by atoms with E-state index in [9.17, 15) is 4.79 Å². The molecule has 0 aromatic carbocycles. The van der Waals surface area contributed by atoms with Gasteiger partial charge in [-0.25, -0.2) is 0 Å². The molecule has 0 bridgehead atoms. The molecule has 16 heavy (non-hydrogen) atoms. The summed E-state index contributed by atoms with van der Waals surface area (Å²) < 4.78 is 0. The standard InChI is InChI=1S/C14H29NO/c1-5-6-7-8-9-10-12(16)11-13(15)14(2,3)4/h13H,5-11,15H2,1-4H3. The minimum Gasteiger partial charge on any atom is -0.327 e. The van der Waals surface area contributed by atoms with Crippen LogP contribution in [-0.4, -0.2) is 11.8 Å². The van der Waals surface area contributed by atoms with Crippen LogP contribution in [0.5, 0.6) is 0 Å². The van der Waals surface area contributed by atoms with Gasteiger partial charge in [0, 0.05) is 18.9 Å². The van der Waals surface area contributed by atoms with Gasteiger partial charge in [-0.2, -0.15) is 0 Å². The molecule has 0 amide bonds. The van der Waals surface area contributed by atoms with Crippen molar-refractivity contribution in [3.05, 3.63) is 0 Å². The predicted octanol–water partition coefficient (Wildman–Crippen LogP) is 3.68. The molecule has 0 rings (SSSR count). The molecule has 0 aliphatic carbocycles. The highest BCUT2D eigenvalue weighted by molar-refractivity contribution is 5.79. The van der Waals surface area contributed by atoms with Crippen molar-refractivity contribution in [2.45, 2.75) is 78.7 Å². The van der Waals surface area contributed by atoms with E-state index >= 15 is 0 Å². The van der Waals surface area contributed by atoms with Crippen LogP contribution in [-0.2, 0) is 4.79 Å². The second kappa shape index (κ2) is 7.83. The molecule has 0 heterocycles. The van der Waals surface area contributed by atoms with Gasteiger partial charge in [0.1, 0.15) is 5.78 Å². The topological polar surface area (TPSA) is 43.1 Å². The summed E-state index contributed by atoms with van der Waals surface area (Å²) in [6.07, 6.45) is 7.28. The second-order valence-electron chi connectivity index (χ2n) is 5.88. The monoisotopic (exact) mass is 227 g/mol. The van der Waals surface area contributed by atoms with E-state index < -0.39 is 0 Å². The van der Waals surface area contributed by atoms with Gasteiger partial charge in [0.25, 0.3) is 0 Å². The molecular weight excluding hydrogens is 198 g/mol. The molecule has 1 atom stereocenters. The number of nitrogens with two attached hydrogens (primary N) is 1. The molecule has 2 heteroatoms. The summed E-state index contributed by atoms with van der Waals surface area (Å²) in [6, 6.07) is -0.00404. The molecule has 1 unspecified atom stereocenters. The quantitative estimate of drug-likeness (QED) is 0.643. The van der Waals surface area contributed by atoms with Crippen LogP contribution in [0.1, 0.15) is 72.6 Å². The number of carbonyl (C=O) groups is 1. The van der Waals surface area contributed by atoms with Crippen molar-refractivity contribution in [2.24, 2.45) is 11.1 Å². The fourth-order valence-corrected chi connectivity index (χ4v) is 1.58. The molecule has 0 aromatic rings. The van der Waals surface area contributed by atoms with Gasteiger partial charge < -0.3 is 5.73 Å². The molecule has 0 fully saturated rings. The third-order valence-corrected chi connectivity index (χ3v) is 3.12. The summed E-state index contributed by atoms with van der Waals surface area (Å²) >= 11 is 0. The van der Waals surface area contributed by atoms with Gasteiger partial charge in [-0.05, 0) is 11.8 Å². The first kappa shape index (κ1) is 15.6. The summed E-state index contributed by atoms with van der Waals surface area (Å²) in [5.41, 5.74) is 6.02. The molecular formula is C14H29NO. The first-order chi connectivity index (χ1) is 7.38. The van der Waals surface area contributed by atoms with Crippen LogP contribution in [0.3, 0.4) is 0 Å². The lowest BCUT2D eigenvalue weighted by Gasteiger charge is -2.26. The number of ketones is 1. The van der Waals surface area contributed by atoms with Crippen molar-refractivity contribution in [1.82, 2.24) is 0 Å². The highest BCUT2D eigenvalue weighted by Crippen LogP contribution is 2.20. The smallest absolute Gasteiger partial charge is 0.134 e. The minimum atomic E-state index is -0.00404. The van der Waals surface area contributed by atoms with E-state index in [4.69, 9.17) is 5.73 Å². The van der Waals surface area contributed by atoms with E-state index in [1.165, 1.54) is 25.7 Å². The maximum atomic E-state index is 11.7. The SMILES string of the molecule is CCCCCCCC(=O)CC(N)C(C)(C)C. The Bertz CT molecular complexity index is 193. The first-order valence-electron chi connectivity index (χ1n) is 6.65. The fourth-order valence-electron chi connectivity index (χ4n) is 1.58. The van der Waals surface area contributed by atoms with Crippen LogP contribution in [0.15, 0.2) is 0 Å². The number of hydrogen-bond donors (Lipinski definition) is 1. The molecule has 0 aliphatic rings. The van der Waals surface area contributed by atoms with Gasteiger partial charge >= 0.3 is 0 Å². The summed E-state index contributed by atoms with van der Waals surface area (Å²) in [7, 11) is 0. The summed E-state index contributed by atoms with van der Waals surface area (Å²) in [5.74, 6) is 0.332. The third-order valence-electron chi connectivity index (χ3n) is 3.12. The number of carbonyl (C=O) groups excluding carboxylic acids is 1. The summed E-state index contributed by atoms with van der Waals surface area (Å²) in [4.78, 5) is 11.7. The third kappa shape index (κ3) is 7.86. The summed E-state index contributed by atoms with van der Waals surface area (Å²) in [5, 5.41) is 0. The maximum Gasteiger partial charge on any atom is 0.134 e. The van der Waals surface area contributed by atoms with Crippen molar-refractivity contribution in [3.8, 4) is 0 Å². The van der Waals surface area contributed by atoms with Crippen LogP contribution >= 0.6 is 0 Å². The number of Topliss-reactive ketones (excluding diaryl/α,β-unsaturated/α-hetero) is 1. The molecule has 0 radical (unpaired) electrons. The Balaban J connectivity index is 3.59. The van der Waals surface area contributed by atoms with Crippen LogP contribution in [0, 0.1) is 5.41 Å². The fraction of sp³-hybridized carbons (Fsp3) is 0.929. The normalized spacial score (nSPS) is 13.8. The Morgan fingerprint density at radius 2 is 1.69 bits per heavy atom. The molecule has 0 saturated carbocycles. The van der Waals surface area contributed by atoms with Crippen molar-refractivity contribution in [2.75, 3.05) is 0 Å². The molecule has 96 valence electrons. The van der Waals surface area contributed by atoms with E-state index in [1.54, 1.807) is 0 Å². The maximum absolute atomic E-state index is 11.7. The van der Waals surface area contributed by atoms with E-state index in [1.807, 2.05) is 0 Å². The Hall–Kier alpha value is -0.370. The van der Waals surface area contributed by atoms with E-state index in [-0.39, 0.29) is 11.5 Å². The molecule has 0 aromatic heterocycles. The molecule has 2 nitrogen and oxygen atoms in total. The van der Waals surface area contributed by atoms with Crippen molar-refractivity contribution in [3.63, 3.8) is 0 Å². The zero-order valence-corrected chi connectivity index (χ0v) is 11.5. The van der Waals surface area contributed by atoms with Crippen LogP contribution < -0.4 is 5.73 Å². The van der Waals surface area contributed by atoms with Gasteiger partial charge in [-0.1, -0.05) is 53.4 Å². The highest BCUT2D eigenvalue weighted by Gasteiger charge is 2.22. The van der Waals surface area contributed by atoms with Crippen molar-refractivity contribution in [1.29, 1.82) is 0 Å². The van der Waals surface area contributed by atoms with Gasteiger partial charge in [0.15, 0.2) is 0 Å². The zero-order chi connectivity index (χ0) is 12.6. The van der Waals surface area contributed by atoms with Crippen LogP contribution in [0.4, 0.5) is 0 Å². The summed E-state index contributed by atoms with van der Waals surface area (Å²) in [6.45, 7) is 8.47. The van der Waals surface area contributed by atoms with Gasteiger partial charge in [-0.3, -0.25) is 4.79 Å². The average molecular weight is 227 g/mol.